The second-order valence-electron chi connectivity index (χ2n) is 8.47. The van der Waals surface area contributed by atoms with Crippen molar-refractivity contribution in [3.8, 4) is 0 Å². The Morgan fingerprint density at radius 2 is 1.55 bits per heavy atom. The van der Waals surface area contributed by atoms with Crippen molar-refractivity contribution in [1.29, 1.82) is 0 Å². The molecular formula is C21H30F2N2O4. The van der Waals surface area contributed by atoms with Gasteiger partial charge >= 0.3 is 5.97 Å². The van der Waals surface area contributed by atoms with E-state index in [1.165, 1.54) is 6.92 Å². The molecule has 0 unspecified atom stereocenters. The van der Waals surface area contributed by atoms with Crippen LogP contribution in [-0.2, 0) is 25.5 Å². The quantitative estimate of drug-likeness (QED) is 0.643. The number of halogens is 2. The van der Waals surface area contributed by atoms with Crippen LogP contribution in [0.15, 0.2) is 18.2 Å². The van der Waals surface area contributed by atoms with Crippen LogP contribution in [-0.4, -0.2) is 35.5 Å². The molecule has 0 saturated heterocycles. The molecule has 0 aliphatic carbocycles. The largest absolute Gasteiger partial charge is 0.458 e. The molecule has 2 N–H and O–H groups in total. The minimum absolute atomic E-state index is 0.126. The summed E-state index contributed by atoms with van der Waals surface area (Å²) in [7, 11) is 0. The number of hydrogen-bond acceptors (Lipinski definition) is 4. The average molecular weight is 412 g/mol. The second-order valence-corrected chi connectivity index (χ2v) is 8.47. The number of carbonyl (C=O) groups excluding carboxylic acids is 3. The molecule has 0 spiro atoms. The number of carbonyl (C=O) groups is 3. The number of amides is 2. The van der Waals surface area contributed by atoms with Gasteiger partial charge < -0.3 is 15.4 Å². The van der Waals surface area contributed by atoms with Crippen LogP contribution in [0.4, 0.5) is 8.78 Å². The summed E-state index contributed by atoms with van der Waals surface area (Å²) < 4.78 is 31.8. The lowest BCUT2D eigenvalue weighted by atomic mass is 10.0. The number of benzene rings is 1. The maximum atomic E-state index is 13.2. The van der Waals surface area contributed by atoms with Crippen LogP contribution in [0.3, 0.4) is 0 Å². The van der Waals surface area contributed by atoms with Gasteiger partial charge in [0.2, 0.25) is 11.8 Å². The van der Waals surface area contributed by atoms with E-state index in [9.17, 15) is 23.2 Å². The summed E-state index contributed by atoms with van der Waals surface area (Å²) in [5.41, 5.74) is -0.545. The fraction of sp³-hybridized carbons (Fsp3) is 0.571. The van der Waals surface area contributed by atoms with Gasteiger partial charge in [0.05, 0.1) is 6.42 Å². The molecule has 2 atom stereocenters. The third-order valence-corrected chi connectivity index (χ3v) is 3.77. The van der Waals surface area contributed by atoms with Crippen molar-refractivity contribution < 1.29 is 27.9 Å². The molecule has 0 aromatic heterocycles. The molecule has 8 heteroatoms. The number of rotatable bonds is 8. The summed E-state index contributed by atoms with van der Waals surface area (Å²) in [6.07, 6.45) is 0.0949. The van der Waals surface area contributed by atoms with Crippen LogP contribution in [0.5, 0.6) is 0 Å². The number of esters is 1. The van der Waals surface area contributed by atoms with Crippen LogP contribution in [0.2, 0.25) is 0 Å². The van der Waals surface area contributed by atoms with Crippen molar-refractivity contribution >= 4 is 17.8 Å². The maximum Gasteiger partial charge on any atom is 0.329 e. The SMILES string of the molecule is CC(C)C[C@H](NC(=O)[C@H](C)NC(=O)Cc1cc(F)cc(F)c1)C(=O)OC(C)(C)C. The minimum atomic E-state index is -0.946. The standard InChI is InChI=1S/C21H30F2N2O4/c1-12(2)7-17(20(28)29-21(4,5)6)25-19(27)13(3)24-18(26)10-14-8-15(22)11-16(23)9-14/h8-9,11-13,17H,7,10H2,1-6H3,(H,24,26)(H,25,27)/t13-,17-/m0/s1. The summed E-state index contributed by atoms with van der Waals surface area (Å²) in [5.74, 6) is -3.12. The summed E-state index contributed by atoms with van der Waals surface area (Å²) >= 11 is 0. The van der Waals surface area contributed by atoms with Gasteiger partial charge in [0.15, 0.2) is 0 Å². The fourth-order valence-electron chi connectivity index (χ4n) is 2.61. The van der Waals surface area contributed by atoms with Crippen LogP contribution >= 0.6 is 0 Å². The Hall–Kier alpha value is -2.51. The third-order valence-electron chi connectivity index (χ3n) is 3.77. The van der Waals surface area contributed by atoms with Crippen molar-refractivity contribution in [2.75, 3.05) is 0 Å². The first kappa shape index (κ1) is 24.5. The highest BCUT2D eigenvalue weighted by atomic mass is 19.1. The Bertz CT molecular complexity index is 724. The molecule has 1 rings (SSSR count). The van der Waals surface area contributed by atoms with Crippen molar-refractivity contribution in [3.05, 3.63) is 35.4 Å². The molecule has 0 radical (unpaired) electrons. The van der Waals surface area contributed by atoms with Crippen LogP contribution in [0.1, 0.15) is 53.5 Å². The third kappa shape index (κ3) is 9.49. The van der Waals surface area contributed by atoms with Crippen LogP contribution in [0.25, 0.3) is 0 Å². The molecular weight excluding hydrogens is 382 g/mol. The van der Waals surface area contributed by atoms with Gasteiger partial charge in [-0.3, -0.25) is 9.59 Å². The van der Waals surface area contributed by atoms with Gasteiger partial charge in [-0.2, -0.15) is 0 Å². The Kier molecular flexibility index (Phi) is 8.73. The molecule has 0 aliphatic rings. The number of ether oxygens (including phenoxy) is 1. The van der Waals surface area contributed by atoms with Crippen molar-refractivity contribution in [3.63, 3.8) is 0 Å². The number of nitrogens with one attached hydrogen (secondary N) is 2. The molecule has 29 heavy (non-hydrogen) atoms. The van der Waals surface area contributed by atoms with Gasteiger partial charge in [-0.1, -0.05) is 13.8 Å². The Balaban J connectivity index is 2.71. The van der Waals surface area contributed by atoms with Gasteiger partial charge in [0.1, 0.15) is 29.3 Å². The highest BCUT2D eigenvalue weighted by Crippen LogP contribution is 2.13. The molecule has 6 nitrogen and oxygen atoms in total. The maximum absolute atomic E-state index is 13.2. The van der Waals surface area contributed by atoms with Crippen LogP contribution in [0, 0.1) is 17.6 Å². The molecule has 162 valence electrons. The molecule has 0 fully saturated rings. The summed E-state index contributed by atoms with van der Waals surface area (Å²) in [4.78, 5) is 36.9. The van der Waals surface area contributed by atoms with Crippen LogP contribution < -0.4 is 10.6 Å². The smallest absolute Gasteiger partial charge is 0.329 e. The van der Waals surface area contributed by atoms with Gasteiger partial charge in [-0.05, 0) is 57.7 Å². The molecule has 0 bridgehead atoms. The first-order valence-electron chi connectivity index (χ1n) is 9.54. The van der Waals surface area contributed by atoms with E-state index in [4.69, 9.17) is 4.74 Å². The van der Waals surface area contributed by atoms with E-state index in [0.717, 1.165) is 12.1 Å². The summed E-state index contributed by atoms with van der Waals surface area (Å²) in [5, 5.41) is 5.07. The van der Waals surface area contributed by atoms with E-state index < -0.39 is 47.1 Å². The predicted octanol–water partition coefficient (Wildman–Crippen LogP) is 2.88. The Morgan fingerprint density at radius 3 is 2.03 bits per heavy atom. The average Bonchev–Trinajstić information content (AvgIpc) is 2.50. The second kappa shape index (κ2) is 10.3. The monoisotopic (exact) mass is 412 g/mol. The molecule has 0 heterocycles. The van der Waals surface area contributed by atoms with E-state index in [1.54, 1.807) is 20.8 Å². The highest BCUT2D eigenvalue weighted by molar-refractivity contribution is 5.91. The van der Waals surface area contributed by atoms with Gasteiger partial charge in [-0.25, -0.2) is 13.6 Å². The molecule has 0 aliphatic heterocycles. The molecule has 2 amide bonds. The van der Waals surface area contributed by atoms with Crippen molar-refractivity contribution in [2.45, 2.75) is 72.1 Å². The minimum Gasteiger partial charge on any atom is -0.458 e. The van der Waals surface area contributed by atoms with E-state index in [1.807, 2.05) is 13.8 Å². The van der Waals surface area contributed by atoms with E-state index >= 15 is 0 Å². The van der Waals surface area contributed by atoms with Gasteiger partial charge in [0.25, 0.3) is 0 Å². The van der Waals surface area contributed by atoms with Crippen molar-refractivity contribution in [2.24, 2.45) is 5.92 Å². The normalized spacial score (nSPS) is 13.6. The zero-order chi connectivity index (χ0) is 22.4. The van der Waals surface area contributed by atoms with E-state index in [-0.39, 0.29) is 17.9 Å². The lowest BCUT2D eigenvalue weighted by molar-refractivity contribution is -0.159. The zero-order valence-electron chi connectivity index (χ0n) is 17.8. The summed E-state index contributed by atoms with van der Waals surface area (Å²) in [6.45, 7) is 10.5. The highest BCUT2D eigenvalue weighted by Gasteiger charge is 2.29. The first-order chi connectivity index (χ1) is 13.3. The summed E-state index contributed by atoms with van der Waals surface area (Å²) in [6, 6.07) is 1.02. The Labute approximate surface area is 170 Å². The lowest BCUT2D eigenvalue weighted by Gasteiger charge is -2.26. The number of hydrogen-bond donors (Lipinski definition) is 2. The van der Waals surface area contributed by atoms with Crippen molar-refractivity contribution in [1.82, 2.24) is 10.6 Å². The van der Waals surface area contributed by atoms with E-state index in [0.29, 0.717) is 12.5 Å². The zero-order valence-corrected chi connectivity index (χ0v) is 17.8. The predicted molar refractivity (Wildman–Crippen MR) is 105 cm³/mol. The van der Waals surface area contributed by atoms with Gasteiger partial charge in [0, 0.05) is 6.07 Å². The Morgan fingerprint density at radius 1 is 1.00 bits per heavy atom. The van der Waals surface area contributed by atoms with Gasteiger partial charge in [-0.15, -0.1) is 0 Å². The topological polar surface area (TPSA) is 84.5 Å². The molecule has 1 aromatic rings. The molecule has 0 saturated carbocycles. The fourth-order valence-corrected chi connectivity index (χ4v) is 2.61. The molecule has 1 aromatic carbocycles. The lowest BCUT2D eigenvalue weighted by Crippen LogP contribution is -2.52. The first-order valence-corrected chi connectivity index (χ1v) is 9.54. The van der Waals surface area contributed by atoms with E-state index in [2.05, 4.69) is 10.6 Å².